The highest BCUT2D eigenvalue weighted by Crippen LogP contribution is 2.36. The molecule has 3 aromatic carbocycles. The number of hydrogen-bond acceptors (Lipinski definition) is 4. The van der Waals surface area contributed by atoms with E-state index in [4.69, 9.17) is 9.73 Å². The SMILES string of the molecule is C=CN(C)C(=N/C)/C(=N/c1ccc(C(C)(C)c2ccc(C(C)(C)c3ccc(/N=C(\CC)c4n(C)cc[n+]4C)cc3)cc2)cc1)OC. The lowest BCUT2D eigenvalue weighted by Crippen LogP contribution is -2.35. The fraction of sp³-hybridized carbons (Fsp3) is 0.333. The second-order valence-electron chi connectivity index (χ2n) is 12.6. The van der Waals surface area contributed by atoms with E-state index in [0.29, 0.717) is 11.7 Å². The van der Waals surface area contributed by atoms with Crippen molar-refractivity contribution in [1.29, 1.82) is 0 Å². The number of amidine groups is 1. The second-order valence-corrected chi connectivity index (χ2v) is 12.6. The van der Waals surface area contributed by atoms with Gasteiger partial charge in [-0.3, -0.25) is 4.99 Å². The molecular formula is C39H49N6O+. The van der Waals surface area contributed by atoms with Gasteiger partial charge in [-0.15, -0.1) is 0 Å². The largest absolute Gasteiger partial charge is 0.478 e. The molecule has 0 unspecified atom stereocenters. The van der Waals surface area contributed by atoms with E-state index in [0.717, 1.165) is 29.3 Å². The molecule has 0 bridgehead atoms. The van der Waals surface area contributed by atoms with Crippen LogP contribution in [0.15, 0.2) is 113 Å². The Morgan fingerprint density at radius 3 is 1.63 bits per heavy atom. The summed E-state index contributed by atoms with van der Waals surface area (Å²) in [5.74, 6) is 2.16. The van der Waals surface area contributed by atoms with Crippen molar-refractivity contribution in [3.63, 3.8) is 0 Å². The summed E-state index contributed by atoms with van der Waals surface area (Å²) in [6, 6.07) is 26.0. The molecule has 7 heteroatoms. The predicted molar refractivity (Wildman–Crippen MR) is 192 cm³/mol. The summed E-state index contributed by atoms with van der Waals surface area (Å²) in [7, 11) is 9.30. The molecule has 0 spiro atoms. The molecule has 0 N–H and O–H groups in total. The van der Waals surface area contributed by atoms with Gasteiger partial charge in [-0.25, -0.2) is 19.1 Å². The van der Waals surface area contributed by atoms with Gasteiger partial charge in [0.05, 0.1) is 32.6 Å². The van der Waals surface area contributed by atoms with E-state index in [1.54, 1.807) is 25.3 Å². The molecule has 4 aromatic rings. The summed E-state index contributed by atoms with van der Waals surface area (Å²) in [5, 5.41) is 0. The van der Waals surface area contributed by atoms with Crippen LogP contribution in [0.2, 0.25) is 0 Å². The Labute approximate surface area is 275 Å². The first kappa shape index (κ1) is 34.1. The zero-order valence-electron chi connectivity index (χ0n) is 29.2. The number of rotatable bonds is 9. The lowest BCUT2D eigenvalue weighted by molar-refractivity contribution is -0.672. The molecule has 0 saturated carbocycles. The minimum atomic E-state index is -0.195. The Balaban J connectivity index is 1.53. The number of aromatic nitrogens is 2. The van der Waals surface area contributed by atoms with Crippen LogP contribution < -0.4 is 4.57 Å². The van der Waals surface area contributed by atoms with Gasteiger partial charge in [-0.05, 0) is 59.1 Å². The third-order valence-corrected chi connectivity index (χ3v) is 8.98. The van der Waals surface area contributed by atoms with Crippen molar-refractivity contribution in [2.45, 2.75) is 51.9 Å². The Morgan fingerprint density at radius 1 is 0.848 bits per heavy atom. The third kappa shape index (κ3) is 7.04. The van der Waals surface area contributed by atoms with Crippen molar-refractivity contribution in [1.82, 2.24) is 9.47 Å². The average molecular weight is 618 g/mol. The molecule has 7 nitrogen and oxygen atoms in total. The smallest absolute Gasteiger partial charge is 0.303 e. The fourth-order valence-electron chi connectivity index (χ4n) is 5.78. The number of ether oxygens (including phenoxy) is 1. The maximum Gasteiger partial charge on any atom is 0.303 e. The van der Waals surface area contributed by atoms with Crippen LogP contribution in [0.5, 0.6) is 0 Å². The third-order valence-electron chi connectivity index (χ3n) is 8.98. The van der Waals surface area contributed by atoms with Crippen molar-refractivity contribution < 1.29 is 9.30 Å². The van der Waals surface area contributed by atoms with E-state index in [1.165, 1.54) is 22.3 Å². The molecule has 0 amide bonds. The van der Waals surface area contributed by atoms with Crippen LogP contribution in [0.1, 0.15) is 69.1 Å². The van der Waals surface area contributed by atoms with Gasteiger partial charge >= 0.3 is 5.82 Å². The Morgan fingerprint density at radius 2 is 1.28 bits per heavy atom. The second kappa shape index (κ2) is 14.1. The van der Waals surface area contributed by atoms with Gasteiger partial charge in [-0.2, -0.15) is 0 Å². The molecule has 46 heavy (non-hydrogen) atoms. The quantitative estimate of drug-likeness (QED) is 0.109. The van der Waals surface area contributed by atoms with Crippen LogP contribution in [0.25, 0.3) is 0 Å². The molecule has 0 aliphatic heterocycles. The number of benzene rings is 3. The number of likely N-dealkylation sites (N-methyl/N-ethyl adjacent to an activating group) is 1. The van der Waals surface area contributed by atoms with E-state index >= 15 is 0 Å². The Kier molecular flexibility index (Phi) is 10.5. The van der Waals surface area contributed by atoms with E-state index in [-0.39, 0.29) is 10.8 Å². The highest BCUT2D eigenvalue weighted by molar-refractivity contribution is 6.38. The molecule has 240 valence electrons. The van der Waals surface area contributed by atoms with E-state index in [2.05, 4.69) is 147 Å². The minimum Gasteiger partial charge on any atom is -0.478 e. The summed E-state index contributed by atoms with van der Waals surface area (Å²) in [6.07, 6.45) is 6.66. The molecule has 0 atom stereocenters. The van der Waals surface area contributed by atoms with Crippen molar-refractivity contribution in [2.75, 3.05) is 21.2 Å². The van der Waals surface area contributed by atoms with Crippen LogP contribution in [-0.4, -0.2) is 48.1 Å². The molecule has 0 fully saturated rings. The Hall–Kier alpha value is -4.78. The number of aliphatic imine (C=N–C) groups is 3. The number of nitrogens with zero attached hydrogens (tertiary/aromatic N) is 6. The monoisotopic (exact) mass is 617 g/mol. The van der Waals surface area contributed by atoms with Crippen molar-refractivity contribution >= 4 is 28.8 Å². The van der Waals surface area contributed by atoms with Gasteiger partial charge in [0, 0.05) is 24.9 Å². The summed E-state index contributed by atoms with van der Waals surface area (Å²) >= 11 is 0. The molecular weight excluding hydrogens is 568 g/mol. The topological polar surface area (TPSA) is 58.4 Å². The van der Waals surface area contributed by atoms with Gasteiger partial charge in [0.2, 0.25) is 0 Å². The molecule has 0 aliphatic rings. The maximum absolute atomic E-state index is 5.54. The average Bonchev–Trinajstić information content (AvgIpc) is 3.40. The summed E-state index contributed by atoms with van der Waals surface area (Å²) in [5.41, 5.74) is 7.44. The zero-order valence-corrected chi connectivity index (χ0v) is 29.2. The van der Waals surface area contributed by atoms with Crippen molar-refractivity contribution in [3.05, 3.63) is 126 Å². The first-order valence-corrected chi connectivity index (χ1v) is 15.7. The molecule has 0 radical (unpaired) electrons. The standard InChI is InChI=1S/C39H49N6O/c1-12-34(37-44(9)26-27-45(37)10)41-32-22-18-30(19-23-32)38(3,4)28-14-16-29(17-15-28)39(5,6)31-20-24-33(25-21-31)42-36(46-11)35(40-7)43(8)13-2/h13-27H,2,12H2,1,3-11H3/q+1/b40-35+,41-34+,42-36-. The van der Waals surface area contributed by atoms with Crippen molar-refractivity contribution in [3.8, 4) is 0 Å². The molecule has 0 saturated heterocycles. The number of aryl methyl sites for hydroxylation is 2. The number of imidazole rings is 1. The number of hydrogen-bond donors (Lipinski definition) is 0. The number of methoxy groups -OCH3 is 1. The summed E-state index contributed by atoms with van der Waals surface area (Å²) in [4.78, 5) is 15.8. The summed E-state index contributed by atoms with van der Waals surface area (Å²) in [6.45, 7) is 15.0. The highest BCUT2D eigenvalue weighted by atomic mass is 16.5. The van der Waals surface area contributed by atoms with Crippen LogP contribution in [0.4, 0.5) is 11.4 Å². The van der Waals surface area contributed by atoms with Crippen LogP contribution in [0, 0.1) is 0 Å². The molecule has 4 rings (SSSR count). The maximum atomic E-state index is 5.54. The first-order chi connectivity index (χ1) is 21.9. The fourth-order valence-corrected chi connectivity index (χ4v) is 5.78. The van der Waals surface area contributed by atoms with E-state index in [1.807, 2.05) is 19.2 Å². The van der Waals surface area contributed by atoms with Gasteiger partial charge in [0.1, 0.15) is 18.1 Å². The van der Waals surface area contributed by atoms with Crippen LogP contribution in [0.3, 0.4) is 0 Å². The van der Waals surface area contributed by atoms with Crippen LogP contribution in [-0.2, 0) is 29.7 Å². The summed E-state index contributed by atoms with van der Waals surface area (Å²) < 4.78 is 9.78. The normalized spacial score (nSPS) is 13.1. The van der Waals surface area contributed by atoms with Gasteiger partial charge in [0.15, 0.2) is 5.84 Å². The zero-order chi connectivity index (χ0) is 33.6. The highest BCUT2D eigenvalue weighted by Gasteiger charge is 2.27. The molecule has 1 aromatic heterocycles. The minimum absolute atomic E-state index is 0.165. The van der Waals surface area contributed by atoms with Gasteiger partial charge in [0.25, 0.3) is 5.90 Å². The lowest BCUT2D eigenvalue weighted by atomic mass is 9.74. The van der Waals surface area contributed by atoms with Crippen LogP contribution >= 0.6 is 0 Å². The van der Waals surface area contributed by atoms with Gasteiger partial charge in [-0.1, -0.05) is 89.7 Å². The molecule has 0 aliphatic carbocycles. The first-order valence-electron chi connectivity index (χ1n) is 15.7. The predicted octanol–water partition coefficient (Wildman–Crippen LogP) is 7.81. The van der Waals surface area contributed by atoms with E-state index < -0.39 is 0 Å². The Bertz CT molecular complexity index is 1720. The van der Waals surface area contributed by atoms with Gasteiger partial charge < -0.3 is 9.64 Å². The lowest BCUT2D eigenvalue weighted by Gasteiger charge is -2.29. The van der Waals surface area contributed by atoms with Crippen molar-refractivity contribution in [2.24, 2.45) is 29.1 Å². The molecule has 1 heterocycles. The van der Waals surface area contributed by atoms with E-state index in [9.17, 15) is 0 Å².